The number of aromatic nitrogens is 1. The van der Waals surface area contributed by atoms with E-state index in [1.54, 1.807) is 19.1 Å². The zero-order valence-electron chi connectivity index (χ0n) is 17.0. The van der Waals surface area contributed by atoms with Crippen molar-refractivity contribution in [2.45, 2.75) is 18.0 Å². The molecule has 0 saturated carbocycles. The van der Waals surface area contributed by atoms with Crippen molar-refractivity contribution in [2.75, 3.05) is 6.26 Å². The van der Waals surface area contributed by atoms with Crippen LogP contribution < -0.4 is 0 Å². The summed E-state index contributed by atoms with van der Waals surface area (Å²) in [5.41, 5.74) is 0.833. The van der Waals surface area contributed by atoms with E-state index in [9.17, 15) is 21.6 Å². The Morgan fingerprint density at radius 3 is 2.25 bits per heavy atom. The smallest absolute Gasteiger partial charge is 0.247 e. The van der Waals surface area contributed by atoms with E-state index in [4.69, 9.17) is 11.6 Å². The van der Waals surface area contributed by atoms with Crippen LogP contribution in [0.4, 0.5) is 13.2 Å². The molecule has 3 aromatic carbocycles. The maximum absolute atomic E-state index is 13.6. The molecule has 0 bridgehead atoms. The third-order valence-corrected chi connectivity index (χ3v) is 6.70. The van der Waals surface area contributed by atoms with E-state index >= 15 is 0 Å². The Bertz CT molecular complexity index is 1450. The molecule has 0 N–H and O–H groups in total. The fraction of sp³-hybridized carbons (Fsp3) is 0.125. The van der Waals surface area contributed by atoms with Gasteiger partial charge in [0, 0.05) is 22.8 Å². The standard InChI is InChI=1S/C24H17ClF3NO2S/c1-14-13-16-9-6-10-18(24(26,27)28)23(16)29-22(14)20-19(32(2,30)31)12-11-17(21(20)25)15-7-4-3-5-8-15/h3-13H,1-2H3. The Labute approximate surface area is 188 Å². The number of rotatable bonds is 3. The highest BCUT2D eigenvalue weighted by Crippen LogP contribution is 2.43. The molecule has 164 valence electrons. The van der Waals surface area contributed by atoms with Gasteiger partial charge in [0.15, 0.2) is 9.84 Å². The van der Waals surface area contributed by atoms with Gasteiger partial charge in [0.1, 0.15) is 0 Å². The van der Waals surface area contributed by atoms with Crippen LogP contribution in [0.15, 0.2) is 71.6 Å². The average molecular weight is 476 g/mol. The topological polar surface area (TPSA) is 47.0 Å². The predicted octanol–water partition coefficient (Wildman–Crippen LogP) is 6.95. The third kappa shape index (κ3) is 3.98. The van der Waals surface area contributed by atoms with Gasteiger partial charge in [-0.2, -0.15) is 13.2 Å². The van der Waals surface area contributed by atoms with Crippen molar-refractivity contribution >= 4 is 32.3 Å². The number of alkyl halides is 3. The van der Waals surface area contributed by atoms with Crippen LogP contribution in [-0.2, 0) is 16.0 Å². The summed E-state index contributed by atoms with van der Waals surface area (Å²) in [6.45, 7) is 1.67. The van der Waals surface area contributed by atoms with E-state index in [0.717, 1.165) is 17.9 Å². The molecule has 0 aliphatic carbocycles. The van der Waals surface area contributed by atoms with Gasteiger partial charge in [-0.3, -0.25) is 0 Å². The van der Waals surface area contributed by atoms with E-state index in [0.29, 0.717) is 16.5 Å². The van der Waals surface area contributed by atoms with Gasteiger partial charge in [-0.15, -0.1) is 0 Å². The molecular weight excluding hydrogens is 459 g/mol. The summed E-state index contributed by atoms with van der Waals surface area (Å²) in [4.78, 5) is 4.22. The number of hydrogen-bond acceptors (Lipinski definition) is 3. The third-order valence-electron chi connectivity index (χ3n) is 5.17. The quantitative estimate of drug-likeness (QED) is 0.322. The van der Waals surface area contributed by atoms with Gasteiger partial charge >= 0.3 is 6.18 Å². The predicted molar refractivity (Wildman–Crippen MR) is 120 cm³/mol. The minimum atomic E-state index is -4.62. The summed E-state index contributed by atoms with van der Waals surface area (Å²) >= 11 is 6.72. The summed E-state index contributed by atoms with van der Waals surface area (Å²) in [5.74, 6) is 0. The molecule has 0 unspecified atom stereocenters. The lowest BCUT2D eigenvalue weighted by Crippen LogP contribution is -2.08. The lowest BCUT2D eigenvalue weighted by molar-refractivity contribution is -0.136. The lowest BCUT2D eigenvalue weighted by atomic mass is 9.98. The van der Waals surface area contributed by atoms with Crippen molar-refractivity contribution < 1.29 is 21.6 Å². The van der Waals surface area contributed by atoms with Gasteiger partial charge in [0.05, 0.1) is 26.7 Å². The van der Waals surface area contributed by atoms with Crippen molar-refractivity contribution in [1.29, 1.82) is 0 Å². The first-order valence-corrected chi connectivity index (χ1v) is 11.8. The number of benzene rings is 3. The van der Waals surface area contributed by atoms with Crippen LogP contribution >= 0.6 is 11.6 Å². The van der Waals surface area contributed by atoms with E-state index in [-0.39, 0.29) is 26.7 Å². The van der Waals surface area contributed by atoms with Crippen molar-refractivity contribution in [1.82, 2.24) is 4.98 Å². The highest BCUT2D eigenvalue weighted by atomic mass is 35.5. The zero-order chi connectivity index (χ0) is 23.3. The molecule has 1 heterocycles. The maximum Gasteiger partial charge on any atom is 0.418 e. The zero-order valence-corrected chi connectivity index (χ0v) is 18.6. The van der Waals surface area contributed by atoms with Gasteiger partial charge in [0.2, 0.25) is 0 Å². The Kier molecular flexibility index (Phi) is 5.51. The molecule has 3 nitrogen and oxygen atoms in total. The van der Waals surface area contributed by atoms with Crippen LogP contribution in [0.2, 0.25) is 5.02 Å². The van der Waals surface area contributed by atoms with E-state index in [1.165, 1.54) is 18.2 Å². The number of fused-ring (bicyclic) bond motifs is 1. The number of halogens is 4. The molecule has 0 atom stereocenters. The van der Waals surface area contributed by atoms with E-state index < -0.39 is 21.6 Å². The Morgan fingerprint density at radius 1 is 0.938 bits per heavy atom. The molecule has 0 saturated heterocycles. The van der Waals surface area contributed by atoms with Gasteiger partial charge in [-0.25, -0.2) is 13.4 Å². The van der Waals surface area contributed by atoms with Crippen molar-refractivity contribution in [3.8, 4) is 22.4 Å². The van der Waals surface area contributed by atoms with Crippen molar-refractivity contribution in [3.63, 3.8) is 0 Å². The molecule has 8 heteroatoms. The van der Waals surface area contributed by atoms with Crippen LogP contribution in [0.3, 0.4) is 0 Å². The number of nitrogens with zero attached hydrogens (tertiary/aromatic N) is 1. The molecule has 0 radical (unpaired) electrons. The molecule has 32 heavy (non-hydrogen) atoms. The summed E-state index contributed by atoms with van der Waals surface area (Å²) in [6.07, 6.45) is -3.59. The van der Waals surface area contributed by atoms with Gasteiger partial charge in [0.25, 0.3) is 0 Å². The molecule has 0 fully saturated rings. The first-order valence-electron chi connectivity index (χ1n) is 9.54. The molecule has 4 aromatic rings. The minimum Gasteiger partial charge on any atom is -0.247 e. The van der Waals surface area contributed by atoms with E-state index in [1.807, 2.05) is 30.3 Å². The van der Waals surface area contributed by atoms with Crippen LogP contribution in [0.1, 0.15) is 11.1 Å². The second-order valence-electron chi connectivity index (χ2n) is 7.47. The molecule has 0 spiro atoms. The minimum absolute atomic E-state index is 0.0897. The number of para-hydroxylation sites is 1. The number of hydrogen-bond donors (Lipinski definition) is 0. The van der Waals surface area contributed by atoms with E-state index in [2.05, 4.69) is 4.98 Å². The number of aryl methyl sites for hydroxylation is 1. The fourth-order valence-electron chi connectivity index (χ4n) is 3.71. The Balaban J connectivity index is 2.11. The van der Waals surface area contributed by atoms with Crippen LogP contribution in [0.25, 0.3) is 33.3 Å². The molecule has 4 rings (SSSR count). The SMILES string of the molecule is Cc1cc2cccc(C(F)(F)F)c2nc1-c1c(S(C)(=O)=O)ccc(-c2ccccc2)c1Cl. The highest BCUT2D eigenvalue weighted by molar-refractivity contribution is 7.90. The van der Waals surface area contributed by atoms with Gasteiger partial charge in [-0.1, -0.05) is 60.1 Å². The summed E-state index contributed by atoms with van der Waals surface area (Å²) in [6, 6.07) is 17.5. The van der Waals surface area contributed by atoms with Gasteiger partial charge < -0.3 is 0 Å². The van der Waals surface area contributed by atoms with Crippen molar-refractivity contribution in [2.24, 2.45) is 0 Å². The summed E-state index contributed by atoms with van der Waals surface area (Å²) in [7, 11) is -3.76. The van der Waals surface area contributed by atoms with Crippen molar-refractivity contribution in [3.05, 3.63) is 82.9 Å². The first kappa shape index (κ1) is 22.3. The number of pyridine rings is 1. The van der Waals surface area contributed by atoms with Crippen LogP contribution in [0, 0.1) is 6.92 Å². The molecule has 0 amide bonds. The van der Waals surface area contributed by atoms with Crippen LogP contribution in [0.5, 0.6) is 0 Å². The normalized spacial score (nSPS) is 12.3. The van der Waals surface area contributed by atoms with Crippen LogP contribution in [-0.4, -0.2) is 19.7 Å². The summed E-state index contributed by atoms with van der Waals surface area (Å²) < 4.78 is 66.0. The Morgan fingerprint density at radius 2 is 1.62 bits per heavy atom. The Hall–Kier alpha value is -2.90. The fourth-order valence-corrected chi connectivity index (χ4v) is 5.02. The maximum atomic E-state index is 13.6. The number of sulfone groups is 1. The first-order chi connectivity index (χ1) is 15.0. The monoisotopic (exact) mass is 475 g/mol. The second-order valence-corrected chi connectivity index (χ2v) is 9.83. The summed E-state index contributed by atoms with van der Waals surface area (Å²) in [5, 5.41) is 0.413. The largest absolute Gasteiger partial charge is 0.418 e. The average Bonchev–Trinajstić information content (AvgIpc) is 2.72. The highest BCUT2D eigenvalue weighted by Gasteiger charge is 2.34. The van der Waals surface area contributed by atoms with Gasteiger partial charge in [-0.05, 0) is 36.2 Å². The molecule has 0 aliphatic heterocycles. The molecule has 0 aliphatic rings. The lowest BCUT2D eigenvalue weighted by Gasteiger charge is -2.17. The second kappa shape index (κ2) is 7.90. The molecule has 1 aromatic heterocycles. The molecular formula is C24H17ClF3NO2S.